The first-order valence-electron chi connectivity index (χ1n) is 9.99. The van der Waals surface area contributed by atoms with Crippen molar-refractivity contribution in [3.8, 4) is 11.4 Å². The zero-order valence-electron chi connectivity index (χ0n) is 17.6. The summed E-state index contributed by atoms with van der Waals surface area (Å²) in [5, 5.41) is 11.8. The van der Waals surface area contributed by atoms with Crippen LogP contribution in [-0.2, 0) is 7.05 Å². The number of carboxylic acid groups (broad SMARTS) is 1. The maximum atomic E-state index is 14.3. The van der Waals surface area contributed by atoms with Gasteiger partial charge in [0.1, 0.15) is 5.82 Å². The van der Waals surface area contributed by atoms with Crippen molar-refractivity contribution in [2.24, 2.45) is 7.05 Å². The summed E-state index contributed by atoms with van der Waals surface area (Å²) in [5.41, 5.74) is -1.10. The van der Waals surface area contributed by atoms with Crippen LogP contribution in [0.3, 0.4) is 0 Å². The van der Waals surface area contributed by atoms with E-state index >= 15 is 0 Å². The molecule has 0 saturated carbocycles. The van der Waals surface area contributed by atoms with Crippen LogP contribution in [0.5, 0.6) is 0 Å². The van der Waals surface area contributed by atoms with Crippen LogP contribution in [0.2, 0.25) is 5.02 Å². The fraction of sp³-hybridized carbons (Fsp3) is 0.125. The summed E-state index contributed by atoms with van der Waals surface area (Å²) >= 11 is 5.83. The first kappa shape index (κ1) is 23.3. The minimum absolute atomic E-state index is 0.00490. The lowest BCUT2D eigenvalue weighted by atomic mass is 10.0. The van der Waals surface area contributed by atoms with Gasteiger partial charge < -0.3 is 10.4 Å². The maximum absolute atomic E-state index is 14.3. The number of benzene rings is 3. The standard InChI is InChI=1S/C24H17ClF3N3O3/c1-31-21(13-6-3-2-4-7-13)30-19-15(8-5-9-16(19)22(31)32)20(24(26,27)28)29-18-11-10-14(25)12-17(18)23(33)34/h2-12,20,29H,1H3,(H,33,34). The molecule has 1 unspecified atom stereocenters. The quantitative estimate of drug-likeness (QED) is 0.379. The average Bonchev–Trinajstić information content (AvgIpc) is 2.80. The molecule has 0 saturated heterocycles. The van der Waals surface area contributed by atoms with E-state index in [1.165, 1.54) is 35.9 Å². The van der Waals surface area contributed by atoms with Crippen molar-refractivity contribution in [3.05, 3.63) is 93.2 Å². The molecule has 4 rings (SSSR count). The molecule has 0 spiro atoms. The molecule has 174 valence electrons. The highest BCUT2D eigenvalue weighted by atomic mass is 35.5. The van der Waals surface area contributed by atoms with Gasteiger partial charge in [0.05, 0.1) is 16.5 Å². The van der Waals surface area contributed by atoms with E-state index < -0.39 is 29.3 Å². The van der Waals surface area contributed by atoms with Gasteiger partial charge in [-0.25, -0.2) is 9.78 Å². The van der Waals surface area contributed by atoms with Gasteiger partial charge in [-0.05, 0) is 24.3 Å². The van der Waals surface area contributed by atoms with Crippen molar-refractivity contribution in [2.75, 3.05) is 5.32 Å². The molecular formula is C24H17ClF3N3O3. The highest BCUT2D eigenvalue weighted by molar-refractivity contribution is 6.31. The summed E-state index contributed by atoms with van der Waals surface area (Å²) in [6, 6.07) is 13.7. The van der Waals surface area contributed by atoms with Crippen LogP contribution in [0, 0.1) is 0 Å². The van der Waals surface area contributed by atoms with E-state index in [2.05, 4.69) is 10.3 Å². The zero-order valence-corrected chi connectivity index (χ0v) is 18.4. The number of hydrogen-bond acceptors (Lipinski definition) is 4. The maximum Gasteiger partial charge on any atom is 0.412 e. The molecule has 0 amide bonds. The van der Waals surface area contributed by atoms with E-state index in [0.717, 1.165) is 12.1 Å². The van der Waals surface area contributed by atoms with Crippen molar-refractivity contribution < 1.29 is 23.1 Å². The fourth-order valence-corrected chi connectivity index (χ4v) is 3.88. The number of para-hydroxylation sites is 1. The molecule has 2 N–H and O–H groups in total. The number of nitrogens with one attached hydrogen (secondary N) is 1. The van der Waals surface area contributed by atoms with Crippen molar-refractivity contribution in [1.82, 2.24) is 9.55 Å². The van der Waals surface area contributed by atoms with Gasteiger partial charge in [-0.15, -0.1) is 0 Å². The molecular weight excluding hydrogens is 471 g/mol. The molecule has 0 bridgehead atoms. The molecule has 0 fully saturated rings. The van der Waals surface area contributed by atoms with Gasteiger partial charge in [0.15, 0.2) is 6.04 Å². The Morgan fingerprint density at radius 1 is 1.09 bits per heavy atom. The number of hydrogen-bond donors (Lipinski definition) is 2. The Hall–Kier alpha value is -3.85. The van der Waals surface area contributed by atoms with Crippen LogP contribution in [0.4, 0.5) is 18.9 Å². The summed E-state index contributed by atoms with van der Waals surface area (Å²) in [7, 11) is 1.50. The first-order chi connectivity index (χ1) is 16.1. The van der Waals surface area contributed by atoms with E-state index in [1.54, 1.807) is 30.3 Å². The number of halogens is 4. The van der Waals surface area contributed by atoms with Gasteiger partial charge in [0, 0.05) is 28.9 Å². The fourth-order valence-electron chi connectivity index (χ4n) is 3.71. The number of carboxylic acids is 1. The molecule has 0 aliphatic carbocycles. The number of carbonyl (C=O) groups is 1. The monoisotopic (exact) mass is 487 g/mol. The highest BCUT2D eigenvalue weighted by Gasteiger charge is 2.42. The van der Waals surface area contributed by atoms with Crippen molar-refractivity contribution in [3.63, 3.8) is 0 Å². The molecule has 3 aromatic carbocycles. The van der Waals surface area contributed by atoms with Crippen LogP contribution in [0.25, 0.3) is 22.3 Å². The highest BCUT2D eigenvalue weighted by Crippen LogP contribution is 2.39. The number of fused-ring (bicyclic) bond motifs is 1. The Kier molecular flexibility index (Phi) is 6.05. The second-order valence-electron chi connectivity index (χ2n) is 7.52. The average molecular weight is 488 g/mol. The minimum Gasteiger partial charge on any atom is -0.478 e. The van der Waals surface area contributed by atoms with Crippen LogP contribution < -0.4 is 10.9 Å². The summed E-state index contributed by atoms with van der Waals surface area (Å²) in [6.07, 6.45) is -4.85. The number of aromatic nitrogens is 2. The summed E-state index contributed by atoms with van der Waals surface area (Å²) in [6.45, 7) is 0. The predicted octanol–water partition coefficient (Wildman–Crippen LogP) is 5.67. The number of aromatic carboxylic acids is 1. The number of anilines is 1. The van der Waals surface area contributed by atoms with E-state index in [9.17, 15) is 27.9 Å². The number of alkyl halides is 3. The normalized spacial score (nSPS) is 12.5. The lowest BCUT2D eigenvalue weighted by Gasteiger charge is -2.25. The predicted molar refractivity (Wildman–Crippen MR) is 123 cm³/mol. The molecule has 1 aromatic heterocycles. The van der Waals surface area contributed by atoms with Crippen LogP contribution in [0.15, 0.2) is 71.5 Å². The third-order valence-corrected chi connectivity index (χ3v) is 5.55. The van der Waals surface area contributed by atoms with Crippen LogP contribution in [0.1, 0.15) is 22.0 Å². The topological polar surface area (TPSA) is 84.2 Å². The molecule has 1 atom stereocenters. The Labute approximate surface area is 196 Å². The van der Waals surface area contributed by atoms with E-state index in [-0.39, 0.29) is 33.0 Å². The van der Waals surface area contributed by atoms with Gasteiger partial charge in [-0.1, -0.05) is 54.1 Å². The Morgan fingerprint density at radius 2 is 1.79 bits per heavy atom. The number of rotatable bonds is 5. The lowest BCUT2D eigenvalue weighted by molar-refractivity contribution is -0.143. The Morgan fingerprint density at radius 3 is 2.44 bits per heavy atom. The second kappa shape index (κ2) is 8.83. The minimum atomic E-state index is -4.85. The van der Waals surface area contributed by atoms with Crippen molar-refractivity contribution >= 4 is 34.2 Å². The van der Waals surface area contributed by atoms with E-state index in [0.29, 0.717) is 5.56 Å². The van der Waals surface area contributed by atoms with Gasteiger partial charge in [0.2, 0.25) is 0 Å². The molecule has 6 nitrogen and oxygen atoms in total. The van der Waals surface area contributed by atoms with Crippen molar-refractivity contribution in [2.45, 2.75) is 12.2 Å². The van der Waals surface area contributed by atoms with Crippen LogP contribution in [-0.4, -0.2) is 26.8 Å². The van der Waals surface area contributed by atoms with Crippen molar-refractivity contribution in [1.29, 1.82) is 0 Å². The van der Waals surface area contributed by atoms with Gasteiger partial charge in [-0.3, -0.25) is 9.36 Å². The molecule has 0 radical (unpaired) electrons. The summed E-state index contributed by atoms with van der Waals surface area (Å²) < 4.78 is 44.1. The molecule has 4 aromatic rings. The zero-order chi connectivity index (χ0) is 24.6. The first-order valence-corrected chi connectivity index (χ1v) is 10.4. The lowest BCUT2D eigenvalue weighted by Crippen LogP contribution is -2.30. The van der Waals surface area contributed by atoms with Gasteiger partial charge >= 0.3 is 12.1 Å². The van der Waals surface area contributed by atoms with Crippen LogP contribution >= 0.6 is 11.6 Å². The third-order valence-electron chi connectivity index (χ3n) is 5.32. The second-order valence-corrected chi connectivity index (χ2v) is 7.96. The SMILES string of the molecule is Cn1c(-c2ccccc2)nc2c(C(Nc3ccc(Cl)cc3C(=O)O)C(F)(F)F)cccc2c1=O. The molecule has 34 heavy (non-hydrogen) atoms. The third kappa shape index (κ3) is 4.34. The molecule has 0 aliphatic heterocycles. The Balaban J connectivity index is 1.95. The number of nitrogens with zero attached hydrogens (tertiary/aromatic N) is 2. The smallest absolute Gasteiger partial charge is 0.412 e. The van der Waals surface area contributed by atoms with Gasteiger partial charge in [-0.2, -0.15) is 13.2 Å². The molecule has 0 aliphatic rings. The van der Waals surface area contributed by atoms with E-state index in [4.69, 9.17) is 11.6 Å². The summed E-state index contributed by atoms with van der Waals surface area (Å²) in [5.74, 6) is -1.24. The molecule has 1 heterocycles. The summed E-state index contributed by atoms with van der Waals surface area (Å²) in [4.78, 5) is 29.1. The van der Waals surface area contributed by atoms with Gasteiger partial charge in [0.25, 0.3) is 5.56 Å². The van der Waals surface area contributed by atoms with E-state index in [1.807, 2.05) is 0 Å². The molecule has 10 heteroatoms. The Bertz CT molecular complexity index is 1450. The largest absolute Gasteiger partial charge is 0.478 e.